The summed E-state index contributed by atoms with van der Waals surface area (Å²) in [4.78, 5) is 24.0. The second-order valence-electron chi connectivity index (χ2n) is 5.11. The van der Waals surface area contributed by atoms with Crippen molar-refractivity contribution in [1.82, 2.24) is 15.2 Å². The SMILES string of the molecule is O=C(NC1CCNCC1O)c1cccn(CC(F)(F)F)c1=O. The monoisotopic (exact) mass is 319 g/mol. The van der Waals surface area contributed by atoms with Crippen molar-refractivity contribution in [2.24, 2.45) is 0 Å². The average molecular weight is 319 g/mol. The lowest BCUT2D eigenvalue weighted by Crippen LogP contribution is -2.53. The Morgan fingerprint density at radius 2 is 2.23 bits per heavy atom. The number of piperidine rings is 1. The number of rotatable bonds is 3. The van der Waals surface area contributed by atoms with Crippen LogP contribution in [-0.4, -0.2) is 47.0 Å². The van der Waals surface area contributed by atoms with E-state index in [0.717, 1.165) is 12.3 Å². The van der Waals surface area contributed by atoms with Crippen molar-refractivity contribution in [2.75, 3.05) is 13.1 Å². The molecule has 122 valence electrons. The van der Waals surface area contributed by atoms with Crippen molar-refractivity contribution in [3.8, 4) is 0 Å². The number of pyridine rings is 1. The summed E-state index contributed by atoms with van der Waals surface area (Å²) in [6.45, 7) is -0.559. The van der Waals surface area contributed by atoms with Crippen molar-refractivity contribution < 1.29 is 23.1 Å². The van der Waals surface area contributed by atoms with Crippen molar-refractivity contribution in [3.63, 3.8) is 0 Å². The van der Waals surface area contributed by atoms with Gasteiger partial charge in [0.2, 0.25) is 0 Å². The van der Waals surface area contributed by atoms with Crippen LogP contribution >= 0.6 is 0 Å². The number of aromatic nitrogens is 1. The molecule has 1 saturated heterocycles. The predicted octanol–water partition coefficient (Wildman–Crippen LogP) is -0.137. The molecular weight excluding hydrogens is 303 g/mol. The zero-order chi connectivity index (χ0) is 16.3. The molecular formula is C13H16F3N3O3. The molecule has 1 amide bonds. The lowest BCUT2D eigenvalue weighted by molar-refractivity contribution is -0.141. The number of alkyl halides is 3. The van der Waals surface area contributed by atoms with Crippen LogP contribution < -0.4 is 16.2 Å². The van der Waals surface area contributed by atoms with E-state index in [0.29, 0.717) is 24.1 Å². The first-order valence-electron chi connectivity index (χ1n) is 6.74. The smallest absolute Gasteiger partial charge is 0.390 e. The van der Waals surface area contributed by atoms with Gasteiger partial charge in [0.1, 0.15) is 12.1 Å². The molecule has 9 heteroatoms. The van der Waals surface area contributed by atoms with E-state index in [1.807, 2.05) is 0 Å². The molecule has 2 unspecified atom stereocenters. The van der Waals surface area contributed by atoms with E-state index in [2.05, 4.69) is 10.6 Å². The van der Waals surface area contributed by atoms with E-state index < -0.39 is 36.3 Å². The number of amides is 1. The number of aliphatic hydroxyl groups is 1. The summed E-state index contributed by atoms with van der Waals surface area (Å²) in [5.41, 5.74) is -1.39. The largest absolute Gasteiger partial charge is 0.406 e. The number of hydrogen-bond donors (Lipinski definition) is 3. The second kappa shape index (κ2) is 6.49. The molecule has 2 rings (SSSR count). The predicted molar refractivity (Wildman–Crippen MR) is 71.5 cm³/mol. The molecule has 0 aliphatic carbocycles. The maximum Gasteiger partial charge on any atom is 0.406 e. The summed E-state index contributed by atoms with van der Waals surface area (Å²) in [6, 6.07) is 1.84. The zero-order valence-corrected chi connectivity index (χ0v) is 11.6. The normalized spacial score (nSPS) is 22.4. The summed E-state index contributed by atoms with van der Waals surface area (Å²) in [5.74, 6) is -0.785. The molecule has 0 radical (unpaired) electrons. The summed E-state index contributed by atoms with van der Waals surface area (Å²) < 4.78 is 37.6. The molecule has 2 atom stereocenters. The lowest BCUT2D eigenvalue weighted by atomic mass is 10.0. The fourth-order valence-electron chi connectivity index (χ4n) is 2.28. The Kier molecular flexibility index (Phi) is 4.87. The molecule has 1 aromatic heterocycles. The third-order valence-corrected chi connectivity index (χ3v) is 3.38. The Morgan fingerprint density at radius 3 is 2.86 bits per heavy atom. The molecule has 3 N–H and O–H groups in total. The van der Waals surface area contributed by atoms with Crippen LogP contribution in [0.3, 0.4) is 0 Å². The molecule has 2 heterocycles. The molecule has 0 spiro atoms. The molecule has 1 fully saturated rings. The van der Waals surface area contributed by atoms with Gasteiger partial charge >= 0.3 is 6.18 Å². The van der Waals surface area contributed by atoms with Gasteiger partial charge in [0, 0.05) is 12.7 Å². The first-order valence-corrected chi connectivity index (χ1v) is 6.74. The van der Waals surface area contributed by atoms with Gasteiger partial charge in [-0.15, -0.1) is 0 Å². The summed E-state index contributed by atoms with van der Waals surface area (Å²) in [7, 11) is 0. The quantitative estimate of drug-likeness (QED) is 0.724. The second-order valence-corrected chi connectivity index (χ2v) is 5.11. The third-order valence-electron chi connectivity index (χ3n) is 3.38. The number of hydrogen-bond acceptors (Lipinski definition) is 4. The molecule has 0 bridgehead atoms. The first-order chi connectivity index (χ1) is 10.3. The van der Waals surface area contributed by atoms with Gasteiger partial charge in [-0.1, -0.05) is 0 Å². The highest BCUT2D eigenvalue weighted by molar-refractivity contribution is 5.94. The van der Waals surface area contributed by atoms with E-state index in [1.165, 1.54) is 6.07 Å². The fraction of sp³-hybridized carbons (Fsp3) is 0.538. The first kappa shape index (κ1) is 16.5. The van der Waals surface area contributed by atoms with Gasteiger partial charge in [-0.25, -0.2) is 0 Å². The van der Waals surface area contributed by atoms with E-state index in [9.17, 15) is 27.9 Å². The lowest BCUT2D eigenvalue weighted by Gasteiger charge is -2.29. The highest BCUT2D eigenvalue weighted by atomic mass is 19.4. The summed E-state index contributed by atoms with van der Waals surface area (Å²) >= 11 is 0. The molecule has 0 aromatic carbocycles. The number of β-amino-alcohol motifs (C(OH)–C–C–N with tert-alkyl or cyclic N) is 1. The van der Waals surface area contributed by atoms with Gasteiger partial charge in [-0.2, -0.15) is 13.2 Å². The fourth-order valence-corrected chi connectivity index (χ4v) is 2.28. The minimum absolute atomic E-state index is 0.304. The maximum atomic E-state index is 12.4. The number of aliphatic hydroxyl groups excluding tert-OH is 1. The van der Waals surface area contributed by atoms with Gasteiger partial charge in [0.25, 0.3) is 11.5 Å². The number of carbonyl (C=O) groups is 1. The van der Waals surface area contributed by atoms with Crippen LogP contribution in [0, 0.1) is 0 Å². The molecule has 1 aromatic rings. The van der Waals surface area contributed by atoms with Gasteiger partial charge in [0.05, 0.1) is 12.1 Å². The highest BCUT2D eigenvalue weighted by Gasteiger charge is 2.30. The Hall–Kier alpha value is -1.87. The van der Waals surface area contributed by atoms with Crippen LogP contribution in [0.4, 0.5) is 13.2 Å². The van der Waals surface area contributed by atoms with Crippen LogP contribution in [0.5, 0.6) is 0 Å². The van der Waals surface area contributed by atoms with E-state index >= 15 is 0 Å². The Balaban J connectivity index is 2.16. The summed E-state index contributed by atoms with van der Waals surface area (Å²) in [5, 5.41) is 15.2. The van der Waals surface area contributed by atoms with Gasteiger partial charge in [-0.3, -0.25) is 9.59 Å². The third kappa shape index (κ3) is 4.08. The van der Waals surface area contributed by atoms with Crippen LogP contribution in [-0.2, 0) is 6.54 Å². The molecule has 0 saturated carbocycles. The number of halogens is 3. The standard InChI is InChI=1S/C13H16F3N3O3/c14-13(15,16)7-19-5-1-2-8(12(19)22)11(21)18-9-3-4-17-6-10(9)20/h1-2,5,9-10,17,20H,3-4,6-7H2,(H,18,21). The summed E-state index contributed by atoms with van der Waals surface area (Å²) in [6.07, 6.45) is -3.91. The van der Waals surface area contributed by atoms with E-state index in [1.54, 1.807) is 0 Å². The van der Waals surface area contributed by atoms with E-state index in [4.69, 9.17) is 0 Å². The van der Waals surface area contributed by atoms with E-state index in [-0.39, 0.29) is 5.56 Å². The van der Waals surface area contributed by atoms with Crippen molar-refractivity contribution >= 4 is 5.91 Å². The van der Waals surface area contributed by atoms with Crippen molar-refractivity contribution in [1.29, 1.82) is 0 Å². The van der Waals surface area contributed by atoms with Crippen LogP contribution in [0.2, 0.25) is 0 Å². The average Bonchev–Trinajstić information content (AvgIpc) is 2.42. The topological polar surface area (TPSA) is 83.4 Å². The number of nitrogens with zero attached hydrogens (tertiary/aromatic N) is 1. The molecule has 1 aliphatic heterocycles. The molecule has 22 heavy (non-hydrogen) atoms. The van der Waals surface area contributed by atoms with Gasteiger partial charge in [0.15, 0.2) is 0 Å². The minimum atomic E-state index is -4.55. The number of carbonyl (C=O) groups excluding carboxylic acids is 1. The molecule has 1 aliphatic rings. The van der Waals surface area contributed by atoms with Crippen molar-refractivity contribution in [2.45, 2.75) is 31.3 Å². The van der Waals surface area contributed by atoms with Crippen LogP contribution in [0.25, 0.3) is 0 Å². The van der Waals surface area contributed by atoms with Crippen LogP contribution in [0.1, 0.15) is 16.8 Å². The maximum absolute atomic E-state index is 12.4. The molecule has 6 nitrogen and oxygen atoms in total. The minimum Gasteiger partial charge on any atom is -0.390 e. The number of nitrogens with one attached hydrogen (secondary N) is 2. The highest BCUT2D eigenvalue weighted by Crippen LogP contribution is 2.16. The van der Waals surface area contributed by atoms with Crippen LogP contribution in [0.15, 0.2) is 23.1 Å². The Bertz CT molecular complexity index is 600. The zero-order valence-electron chi connectivity index (χ0n) is 11.6. The van der Waals surface area contributed by atoms with Crippen molar-refractivity contribution in [3.05, 3.63) is 34.2 Å². The Morgan fingerprint density at radius 1 is 1.50 bits per heavy atom. The Labute approximate surface area is 123 Å². The van der Waals surface area contributed by atoms with Gasteiger partial charge < -0.3 is 20.3 Å². The van der Waals surface area contributed by atoms with Gasteiger partial charge in [-0.05, 0) is 25.1 Å².